The minimum Gasteiger partial charge on any atom is -0.369 e. The Labute approximate surface area is 177 Å². The highest BCUT2D eigenvalue weighted by atomic mass is 19.1. The van der Waals surface area contributed by atoms with E-state index >= 15 is 0 Å². The number of Topliss-reactive ketones (excluding diaryl/α,β-unsaturated/α-hetero) is 3. The van der Waals surface area contributed by atoms with Crippen LogP contribution in [0.3, 0.4) is 0 Å². The van der Waals surface area contributed by atoms with E-state index in [1.165, 1.54) is 12.1 Å². The maximum absolute atomic E-state index is 14.9. The van der Waals surface area contributed by atoms with Crippen molar-refractivity contribution >= 4 is 34.9 Å². The lowest BCUT2D eigenvalue weighted by Gasteiger charge is -2.24. The SMILES string of the molecule is O=C1CCC2(CCN(c3cc4c(cc3F)C(=O)/C(=C/C3CCC(=O)NC3=O)C4=O)C2)C1. The molecule has 1 spiro atoms. The van der Waals surface area contributed by atoms with E-state index in [4.69, 9.17) is 0 Å². The number of piperidine rings is 1. The molecule has 3 fully saturated rings. The van der Waals surface area contributed by atoms with Gasteiger partial charge < -0.3 is 4.90 Å². The summed E-state index contributed by atoms with van der Waals surface area (Å²) < 4.78 is 14.9. The van der Waals surface area contributed by atoms with Gasteiger partial charge in [-0.05, 0) is 36.8 Å². The van der Waals surface area contributed by atoms with E-state index in [2.05, 4.69) is 5.32 Å². The normalized spacial score (nSPS) is 29.5. The lowest BCUT2D eigenvalue weighted by molar-refractivity contribution is -0.135. The highest BCUT2D eigenvalue weighted by Crippen LogP contribution is 2.46. The van der Waals surface area contributed by atoms with E-state index in [0.717, 1.165) is 18.9 Å². The molecule has 2 amide bonds. The van der Waals surface area contributed by atoms with Crippen molar-refractivity contribution in [1.82, 2.24) is 5.32 Å². The zero-order chi connectivity index (χ0) is 21.9. The van der Waals surface area contributed by atoms with Crippen molar-refractivity contribution in [2.45, 2.75) is 38.5 Å². The predicted molar refractivity (Wildman–Crippen MR) is 107 cm³/mol. The quantitative estimate of drug-likeness (QED) is 0.444. The molecule has 1 N–H and O–H groups in total. The monoisotopic (exact) mass is 424 g/mol. The van der Waals surface area contributed by atoms with E-state index in [1.54, 1.807) is 0 Å². The maximum Gasteiger partial charge on any atom is 0.233 e. The van der Waals surface area contributed by atoms with Gasteiger partial charge in [0.1, 0.15) is 11.6 Å². The zero-order valence-electron chi connectivity index (χ0n) is 16.8. The molecular formula is C23H21FN2O5. The molecule has 0 bridgehead atoms. The molecule has 2 aliphatic heterocycles. The number of nitrogens with one attached hydrogen (secondary N) is 1. The summed E-state index contributed by atoms with van der Waals surface area (Å²) in [6.45, 7) is 1.14. The van der Waals surface area contributed by atoms with Gasteiger partial charge in [0, 0.05) is 43.5 Å². The van der Waals surface area contributed by atoms with Gasteiger partial charge in [0.25, 0.3) is 0 Å². The number of anilines is 1. The molecule has 4 aliphatic rings. The van der Waals surface area contributed by atoms with Crippen LogP contribution < -0.4 is 10.2 Å². The second-order valence-electron chi connectivity index (χ2n) is 9.03. The van der Waals surface area contributed by atoms with Crippen LogP contribution in [0, 0.1) is 17.2 Å². The lowest BCUT2D eigenvalue weighted by atomic mass is 9.85. The molecule has 2 heterocycles. The van der Waals surface area contributed by atoms with Crippen LogP contribution in [-0.4, -0.2) is 42.3 Å². The third-order valence-electron chi connectivity index (χ3n) is 7.00. The molecule has 0 radical (unpaired) electrons. The third-order valence-corrected chi connectivity index (χ3v) is 7.00. The molecule has 2 saturated heterocycles. The first-order chi connectivity index (χ1) is 14.8. The van der Waals surface area contributed by atoms with Crippen LogP contribution in [0.1, 0.15) is 59.2 Å². The molecule has 0 aromatic heterocycles. The summed E-state index contributed by atoms with van der Waals surface area (Å²) in [5, 5.41) is 2.20. The first kappa shape index (κ1) is 19.8. The van der Waals surface area contributed by atoms with Crippen molar-refractivity contribution in [3.05, 3.63) is 40.7 Å². The molecule has 1 aromatic rings. The van der Waals surface area contributed by atoms with Gasteiger partial charge in [0.05, 0.1) is 17.2 Å². The molecule has 2 unspecified atom stereocenters. The summed E-state index contributed by atoms with van der Waals surface area (Å²) in [4.78, 5) is 62.7. The number of imide groups is 1. The Morgan fingerprint density at radius 2 is 1.77 bits per heavy atom. The van der Waals surface area contributed by atoms with Gasteiger partial charge in [-0.3, -0.25) is 29.3 Å². The van der Waals surface area contributed by atoms with Crippen LogP contribution in [0.4, 0.5) is 10.1 Å². The van der Waals surface area contributed by atoms with E-state index in [-0.39, 0.29) is 52.3 Å². The molecule has 31 heavy (non-hydrogen) atoms. The smallest absolute Gasteiger partial charge is 0.233 e. The summed E-state index contributed by atoms with van der Waals surface area (Å²) in [7, 11) is 0. The van der Waals surface area contributed by atoms with Gasteiger partial charge in [0.15, 0.2) is 11.6 Å². The number of rotatable bonds is 2. The van der Waals surface area contributed by atoms with Crippen molar-refractivity contribution in [1.29, 1.82) is 0 Å². The molecule has 1 aromatic carbocycles. The van der Waals surface area contributed by atoms with Gasteiger partial charge in [0.2, 0.25) is 11.8 Å². The van der Waals surface area contributed by atoms with Crippen LogP contribution in [-0.2, 0) is 14.4 Å². The van der Waals surface area contributed by atoms with Crippen LogP contribution in [0.5, 0.6) is 0 Å². The standard InChI is InChI=1S/C23H21FN2O5/c24-17-8-14-15(9-18(17)26-6-5-23(11-26)4-3-13(27)10-23)21(30)16(20(14)29)7-12-1-2-19(28)25-22(12)31/h7-9,12H,1-6,10-11H2,(H,25,28,31)/b16-7-. The highest BCUT2D eigenvalue weighted by molar-refractivity contribution is 6.39. The van der Waals surface area contributed by atoms with Crippen molar-refractivity contribution in [3.63, 3.8) is 0 Å². The van der Waals surface area contributed by atoms with E-state index < -0.39 is 29.2 Å². The summed E-state index contributed by atoms with van der Waals surface area (Å²) in [5.74, 6) is -3.15. The fraction of sp³-hybridized carbons (Fsp3) is 0.435. The van der Waals surface area contributed by atoms with Gasteiger partial charge in [-0.1, -0.05) is 6.08 Å². The van der Waals surface area contributed by atoms with E-state index in [9.17, 15) is 28.4 Å². The maximum atomic E-state index is 14.9. The Balaban J connectivity index is 1.43. The number of amides is 2. The summed E-state index contributed by atoms with van der Waals surface area (Å²) in [6.07, 6.45) is 4.31. The minimum atomic E-state index is -0.752. The first-order valence-electron chi connectivity index (χ1n) is 10.5. The summed E-state index contributed by atoms with van der Waals surface area (Å²) >= 11 is 0. The molecule has 160 valence electrons. The first-order valence-corrected chi connectivity index (χ1v) is 10.5. The molecule has 8 heteroatoms. The summed E-state index contributed by atoms with van der Waals surface area (Å²) in [5.41, 5.74) is 0.107. The van der Waals surface area contributed by atoms with Gasteiger partial charge in [-0.2, -0.15) is 0 Å². The van der Waals surface area contributed by atoms with Gasteiger partial charge in [-0.25, -0.2) is 4.39 Å². The number of allylic oxidation sites excluding steroid dienone is 1. The highest BCUT2D eigenvalue weighted by Gasteiger charge is 2.45. The topological polar surface area (TPSA) is 101 Å². The minimum absolute atomic E-state index is 0.00486. The third kappa shape index (κ3) is 3.21. The molecule has 2 aliphatic carbocycles. The van der Waals surface area contributed by atoms with Crippen molar-refractivity contribution in [2.24, 2.45) is 11.3 Å². The van der Waals surface area contributed by atoms with Gasteiger partial charge in [-0.15, -0.1) is 0 Å². The number of carbonyl (C=O) groups excluding carboxylic acids is 5. The number of halogens is 1. The largest absolute Gasteiger partial charge is 0.369 e. The number of benzene rings is 1. The number of fused-ring (bicyclic) bond motifs is 1. The fourth-order valence-electron chi connectivity index (χ4n) is 5.28. The van der Waals surface area contributed by atoms with Crippen LogP contribution in [0.25, 0.3) is 0 Å². The Bertz CT molecular complexity index is 1110. The van der Waals surface area contributed by atoms with Crippen LogP contribution >= 0.6 is 0 Å². The second kappa shape index (κ2) is 6.93. The number of hydrogen-bond acceptors (Lipinski definition) is 6. The number of ketones is 3. The van der Waals surface area contributed by atoms with Gasteiger partial charge >= 0.3 is 0 Å². The average Bonchev–Trinajstić information content (AvgIpc) is 3.37. The number of nitrogens with zero attached hydrogens (tertiary/aromatic N) is 1. The van der Waals surface area contributed by atoms with E-state index in [1.807, 2.05) is 4.90 Å². The molecular weight excluding hydrogens is 403 g/mol. The van der Waals surface area contributed by atoms with E-state index in [0.29, 0.717) is 25.9 Å². The molecule has 7 nitrogen and oxygen atoms in total. The number of hydrogen-bond donors (Lipinski definition) is 1. The molecule has 1 saturated carbocycles. The Morgan fingerprint density at radius 3 is 2.45 bits per heavy atom. The number of carbonyl (C=O) groups is 5. The molecule has 5 rings (SSSR count). The Hall–Kier alpha value is -3.16. The zero-order valence-corrected chi connectivity index (χ0v) is 16.8. The predicted octanol–water partition coefficient (Wildman–Crippen LogP) is 2.13. The fourth-order valence-corrected chi connectivity index (χ4v) is 5.28. The Morgan fingerprint density at radius 1 is 1.03 bits per heavy atom. The van der Waals surface area contributed by atoms with Crippen LogP contribution in [0.2, 0.25) is 0 Å². The van der Waals surface area contributed by atoms with Crippen molar-refractivity contribution in [3.8, 4) is 0 Å². The average molecular weight is 424 g/mol. The molecule has 2 atom stereocenters. The van der Waals surface area contributed by atoms with Crippen LogP contribution in [0.15, 0.2) is 23.8 Å². The Kier molecular flexibility index (Phi) is 4.42. The summed E-state index contributed by atoms with van der Waals surface area (Å²) in [6, 6.07) is 2.52. The van der Waals surface area contributed by atoms with Crippen molar-refractivity contribution < 1.29 is 28.4 Å². The second-order valence-corrected chi connectivity index (χ2v) is 9.03. The van der Waals surface area contributed by atoms with Crippen molar-refractivity contribution in [2.75, 3.05) is 18.0 Å². The lowest BCUT2D eigenvalue weighted by Crippen LogP contribution is -2.40.